The summed E-state index contributed by atoms with van der Waals surface area (Å²) in [7, 11) is 3.81. The van der Waals surface area contributed by atoms with Crippen molar-refractivity contribution in [1.29, 1.82) is 0 Å². The van der Waals surface area contributed by atoms with Gasteiger partial charge in [-0.2, -0.15) is 0 Å². The number of fused-ring (bicyclic) bond motifs is 1. The summed E-state index contributed by atoms with van der Waals surface area (Å²) in [6.45, 7) is 5.41. The van der Waals surface area contributed by atoms with Crippen LogP contribution in [0.5, 0.6) is 0 Å². The fourth-order valence-corrected chi connectivity index (χ4v) is 3.79. The van der Waals surface area contributed by atoms with E-state index in [1.807, 2.05) is 24.3 Å². The van der Waals surface area contributed by atoms with E-state index in [1.165, 1.54) is 23.2 Å². The Labute approximate surface area is 179 Å². The third-order valence-corrected chi connectivity index (χ3v) is 5.38. The van der Waals surface area contributed by atoms with Gasteiger partial charge in [-0.05, 0) is 61.1 Å². The molecule has 0 atom stereocenters. The molecule has 0 aliphatic carbocycles. The van der Waals surface area contributed by atoms with Gasteiger partial charge in [0.1, 0.15) is 0 Å². The van der Waals surface area contributed by atoms with Gasteiger partial charge in [-0.1, -0.05) is 24.3 Å². The molecule has 1 heterocycles. The van der Waals surface area contributed by atoms with Crippen molar-refractivity contribution in [3.8, 4) is 0 Å². The van der Waals surface area contributed by atoms with Crippen molar-refractivity contribution < 1.29 is 4.79 Å². The van der Waals surface area contributed by atoms with Crippen molar-refractivity contribution in [3.63, 3.8) is 0 Å². The second kappa shape index (κ2) is 10.7. The van der Waals surface area contributed by atoms with E-state index < -0.39 is 0 Å². The Morgan fingerprint density at radius 3 is 2.80 bits per heavy atom. The number of rotatable bonds is 7. The second-order valence-corrected chi connectivity index (χ2v) is 7.64. The van der Waals surface area contributed by atoms with Gasteiger partial charge >= 0.3 is 0 Å². The summed E-state index contributed by atoms with van der Waals surface area (Å²) in [6.07, 6.45) is 3.17. The molecule has 1 amide bonds. The van der Waals surface area contributed by atoms with Crippen LogP contribution in [-0.2, 0) is 19.4 Å². The van der Waals surface area contributed by atoms with Crippen molar-refractivity contribution in [2.24, 2.45) is 4.99 Å². The van der Waals surface area contributed by atoms with Crippen molar-refractivity contribution >= 4 is 17.6 Å². The molecule has 3 N–H and O–H groups in total. The van der Waals surface area contributed by atoms with Crippen LogP contribution in [0.4, 0.5) is 5.69 Å². The Balaban J connectivity index is 1.58. The number of guanidine groups is 1. The molecule has 0 spiro atoms. The van der Waals surface area contributed by atoms with Crippen LogP contribution in [0.15, 0.2) is 47.5 Å². The predicted octanol–water partition coefficient (Wildman–Crippen LogP) is 2.73. The number of carbonyl (C=O) groups is 1. The molecule has 0 unspecified atom stereocenters. The number of carbonyl (C=O) groups excluding carboxylic acids is 1. The van der Waals surface area contributed by atoms with Crippen molar-refractivity contribution in [2.45, 2.75) is 32.7 Å². The van der Waals surface area contributed by atoms with Gasteiger partial charge in [0.2, 0.25) is 0 Å². The van der Waals surface area contributed by atoms with Gasteiger partial charge in [0.05, 0.1) is 6.54 Å². The normalized spacial score (nSPS) is 13.6. The molecule has 6 heteroatoms. The van der Waals surface area contributed by atoms with Crippen LogP contribution in [0.2, 0.25) is 0 Å². The third kappa shape index (κ3) is 5.75. The summed E-state index contributed by atoms with van der Waals surface area (Å²) in [5.74, 6) is 0.755. The van der Waals surface area contributed by atoms with Gasteiger partial charge in [0.15, 0.2) is 5.96 Å². The van der Waals surface area contributed by atoms with Gasteiger partial charge in [-0.25, -0.2) is 4.99 Å². The van der Waals surface area contributed by atoms with Crippen molar-refractivity contribution in [1.82, 2.24) is 16.0 Å². The van der Waals surface area contributed by atoms with Crippen LogP contribution in [0, 0.1) is 0 Å². The molecule has 1 aliphatic rings. The lowest BCUT2D eigenvalue weighted by Crippen LogP contribution is -2.38. The smallest absolute Gasteiger partial charge is 0.251 e. The second-order valence-electron chi connectivity index (χ2n) is 7.64. The maximum atomic E-state index is 11.8. The number of hydrogen-bond donors (Lipinski definition) is 3. The van der Waals surface area contributed by atoms with E-state index >= 15 is 0 Å². The van der Waals surface area contributed by atoms with E-state index in [0.717, 1.165) is 44.0 Å². The van der Waals surface area contributed by atoms with Crippen LogP contribution in [0.25, 0.3) is 0 Å². The van der Waals surface area contributed by atoms with E-state index in [1.54, 1.807) is 7.05 Å². The number of aliphatic imine (C=N–C) groups is 1. The largest absolute Gasteiger partial charge is 0.374 e. The molecule has 0 saturated heterocycles. The molecule has 6 nitrogen and oxygen atoms in total. The number of amides is 1. The molecule has 0 fully saturated rings. The van der Waals surface area contributed by atoms with E-state index in [4.69, 9.17) is 4.99 Å². The first-order valence-corrected chi connectivity index (χ1v) is 10.8. The monoisotopic (exact) mass is 407 g/mol. The van der Waals surface area contributed by atoms with Crippen molar-refractivity contribution in [2.75, 3.05) is 38.6 Å². The fraction of sp³-hybridized carbons (Fsp3) is 0.417. The Bertz CT molecular complexity index is 893. The standard InChI is InChI=1S/C24H33N5O/c1-4-26-24(27-13-12-18-7-5-8-21(15-18)23(30)25-2)28-17-19-10-11-22-20(16-19)9-6-14-29(22)3/h5,7-8,10-11,15-16H,4,6,9,12-14,17H2,1-3H3,(H,25,30)(H2,26,27,28). The summed E-state index contributed by atoms with van der Waals surface area (Å²) >= 11 is 0. The average molecular weight is 408 g/mol. The number of aryl methyl sites for hydroxylation is 1. The molecule has 2 aromatic rings. The lowest BCUT2D eigenvalue weighted by Gasteiger charge is -2.27. The van der Waals surface area contributed by atoms with Crippen molar-refractivity contribution in [3.05, 3.63) is 64.7 Å². The number of benzene rings is 2. The van der Waals surface area contributed by atoms with Crippen LogP contribution in [-0.4, -0.2) is 45.6 Å². The molecule has 3 rings (SSSR count). The lowest BCUT2D eigenvalue weighted by atomic mass is 10.00. The summed E-state index contributed by atoms with van der Waals surface area (Å²) in [6, 6.07) is 14.4. The highest BCUT2D eigenvalue weighted by Gasteiger charge is 2.13. The quantitative estimate of drug-likeness (QED) is 0.488. The Kier molecular flexibility index (Phi) is 7.71. The van der Waals surface area contributed by atoms with Crippen LogP contribution < -0.4 is 20.9 Å². The van der Waals surface area contributed by atoms with Gasteiger partial charge in [-0.15, -0.1) is 0 Å². The molecule has 0 radical (unpaired) electrons. The molecule has 1 aliphatic heterocycles. The highest BCUT2D eigenvalue weighted by Crippen LogP contribution is 2.26. The summed E-state index contributed by atoms with van der Waals surface area (Å²) in [4.78, 5) is 18.9. The molecule has 160 valence electrons. The van der Waals surface area contributed by atoms with Gasteiger partial charge < -0.3 is 20.9 Å². The maximum Gasteiger partial charge on any atom is 0.251 e. The zero-order valence-corrected chi connectivity index (χ0v) is 18.3. The summed E-state index contributed by atoms with van der Waals surface area (Å²) in [5.41, 5.74) is 5.81. The predicted molar refractivity (Wildman–Crippen MR) is 124 cm³/mol. The SMILES string of the molecule is CCNC(=NCc1ccc2c(c1)CCCN2C)NCCc1cccc(C(=O)NC)c1. The maximum absolute atomic E-state index is 11.8. The number of nitrogens with one attached hydrogen (secondary N) is 3. The van der Waals surface area contributed by atoms with Crippen LogP contribution in [0.3, 0.4) is 0 Å². The molecular weight excluding hydrogens is 374 g/mol. The first kappa shape index (κ1) is 21.7. The number of hydrogen-bond acceptors (Lipinski definition) is 3. The van der Waals surface area contributed by atoms with Gasteiger partial charge in [-0.3, -0.25) is 4.79 Å². The molecule has 0 saturated carbocycles. The van der Waals surface area contributed by atoms with Crippen LogP contribution in [0.1, 0.15) is 40.4 Å². The highest BCUT2D eigenvalue weighted by molar-refractivity contribution is 5.94. The Morgan fingerprint density at radius 2 is 2.00 bits per heavy atom. The zero-order chi connectivity index (χ0) is 21.3. The minimum absolute atomic E-state index is 0.0593. The molecule has 30 heavy (non-hydrogen) atoms. The van der Waals surface area contributed by atoms with Gasteiger partial charge in [0.25, 0.3) is 5.91 Å². The lowest BCUT2D eigenvalue weighted by molar-refractivity contribution is 0.0963. The summed E-state index contributed by atoms with van der Waals surface area (Å²) in [5, 5.41) is 9.38. The minimum Gasteiger partial charge on any atom is -0.374 e. The molecule has 0 aromatic heterocycles. The van der Waals surface area contributed by atoms with E-state index in [2.05, 4.69) is 53.0 Å². The number of nitrogens with zero attached hydrogens (tertiary/aromatic N) is 2. The summed E-state index contributed by atoms with van der Waals surface area (Å²) < 4.78 is 0. The van der Waals surface area contributed by atoms with Gasteiger partial charge in [0, 0.05) is 45.0 Å². The minimum atomic E-state index is -0.0593. The molecule has 0 bridgehead atoms. The molecular formula is C24H33N5O. The van der Waals surface area contributed by atoms with E-state index in [0.29, 0.717) is 12.1 Å². The Hall–Kier alpha value is -3.02. The average Bonchev–Trinajstić information content (AvgIpc) is 2.77. The number of anilines is 1. The third-order valence-electron chi connectivity index (χ3n) is 5.38. The Morgan fingerprint density at radius 1 is 1.13 bits per heavy atom. The zero-order valence-electron chi connectivity index (χ0n) is 18.3. The van der Waals surface area contributed by atoms with Crippen LogP contribution >= 0.6 is 0 Å². The van der Waals surface area contributed by atoms with E-state index in [-0.39, 0.29) is 5.91 Å². The highest BCUT2D eigenvalue weighted by atomic mass is 16.1. The first-order valence-electron chi connectivity index (χ1n) is 10.8. The van der Waals surface area contributed by atoms with E-state index in [9.17, 15) is 4.79 Å². The molecule has 2 aromatic carbocycles. The fourth-order valence-electron chi connectivity index (χ4n) is 3.79. The topological polar surface area (TPSA) is 68.8 Å². The first-order chi connectivity index (χ1) is 14.6.